The first kappa shape index (κ1) is 27.2. The van der Waals surface area contributed by atoms with Crippen molar-refractivity contribution in [3.05, 3.63) is 45.9 Å². The van der Waals surface area contributed by atoms with Gasteiger partial charge in [-0.2, -0.15) is 0 Å². The predicted molar refractivity (Wildman–Crippen MR) is 140 cm³/mol. The van der Waals surface area contributed by atoms with E-state index in [-0.39, 0.29) is 24.0 Å². The Labute approximate surface area is 206 Å². The third kappa shape index (κ3) is 10.3. The van der Waals surface area contributed by atoms with Gasteiger partial charge in [0.2, 0.25) is 0 Å². The predicted octanol–water partition coefficient (Wildman–Crippen LogP) is 5.14. The van der Waals surface area contributed by atoms with E-state index in [0.29, 0.717) is 18.2 Å². The minimum Gasteiger partial charge on any atom is -0.444 e. The van der Waals surface area contributed by atoms with Crippen molar-refractivity contribution in [3.8, 4) is 0 Å². The first-order valence-electron chi connectivity index (χ1n) is 10.1. The molecule has 1 amide bonds. The molecule has 0 unspecified atom stereocenters. The lowest BCUT2D eigenvalue weighted by atomic mass is 10.1. The van der Waals surface area contributed by atoms with Crippen LogP contribution in [0.3, 0.4) is 0 Å². The summed E-state index contributed by atoms with van der Waals surface area (Å²) >= 11 is 1.69. The number of rotatable bonds is 7. The van der Waals surface area contributed by atoms with Gasteiger partial charge in [-0.1, -0.05) is 26.0 Å². The van der Waals surface area contributed by atoms with Gasteiger partial charge in [-0.15, -0.1) is 35.3 Å². The second-order valence-electron chi connectivity index (χ2n) is 8.26. The van der Waals surface area contributed by atoms with E-state index >= 15 is 0 Å². The normalized spacial score (nSPS) is 11.6. The smallest absolute Gasteiger partial charge is 0.412 e. The minimum absolute atomic E-state index is 0. The highest BCUT2D eigenvalue weighted by Crippen LogP contribution is 2.19. The molecule has 0 aliphatic carbocycles. The Morgan fingerprint density at radius 3 is 2.42 bits per heavy atom. The number of amides is 1. The number of guanidine groups is 1. The maximum atomic E-state index is 11.8. The van der Waals surface area contributed by atoms with E-state index in [1.54, 1.807) is 18.4 Å². The summed E-state index contributed by atoms with van der Waals surface area (Å²) in [5.41, 5.74) is 2.38. The zero-order valence-electron chi connectivity index (χ0n) is 19.1. The molecule has 3 N–H and O–H groups in total. The fourth-order valence-corrected chi connectivity index (χ4v) is 3.40. The van der Waals surface area contributed by atoms with Crippen LogP contribution in [-0.2, 0) is 17.7 Å². The molecule has 172 valence electrons. The van der Waals surface area contributed by atoms with Crippen molar-refractivity contribution in [3.63, 3.8) is 0 Å². The van der Waals surface area contributed by atoms with Gasteiger partial charge >= 0.3 is 6.09 Å². The Morgan fingerprint density at radius 1 is 1.19 bits per heavy atom. The monoisotopic (exact) mass is 559 g/mol. The summed E-state index contributed by atoms with van der Waals surface area (Å²) < 4.78 is 5.26. The molecule has 0 radical (unpaired) electrons. The topological polar surface area (TPSA) is 87.6 Å². The van der Waals surface area contributed by atoms with Crippen LogP contribution >= 0.6 is 35.3 Å². The highest BCUT2D eigenvalue weighted by Gasteiger charge is 2.16. The molecule has 0 fully saturated rings. The molecule has 0 saturated carbocycles. The van der Waals surface area contributed by atoms with Crippen LogP contribution in [0.25, 0.3) is 0 Å². The van der Waals surface area contributed by atoms with Gasteiger partial charge in [0.1, 0.15) is 5.60 Å². The van der Waals surface area contributed by atoms with E-state index in [0.717, 1.165) is 35.2 Å². The number of hydrogen-bond donors (Lipinski definition) is 3. The first-order chi connectivity index (χ1) is 14.2. The number of carbonyl (C=O) groups excluding carboxylic acids is 1. The van der Waals surface area contributed by atoms with Gasteiger partial charge < -0.3 is 15.4 Å². The van der Waals surface area contributed by atoms with Crippen molar-refractivity contribution < 1.29 is 9.53 Å². The number of benzene rings is 1. The molecule has 2 rings (SSSR count). The minimum atomic E-state index is -0.515. The molecule has 9 heteroatoms. The van der Waals surface area contributed by atoms with Crippen LogP contribution in [0.15, 0.2) is 34.6 Å². The SMILES string of the molecule is CN=C(NCCc1ccc(NC(=O)OC(C)(C)C)cc1)NCc1csc(C(C)C)n1.I. The molecule has 0 aliphatic heterocycles. The average molecular weight is 560 g/mol. The summed E-state index contributed by atoms with van der Waals surface area (Å²) in [5, 5.41) is 12.6. The van der Waals surface area contributed by atoms with Gasteiger partial charge in [-0.3, -0.25) is 10.3 Å². The number of ether oxygens (including phenoxy) is 1. The van der Waals surface area contributed by atoms with Gasteiger partial charge in [0.15, 0.2) is 5.96 Å². The quantitative estimate of drug-likeness (QED) is 0.249. The molecule has 0 aliphatic rings. The van der Waals surface area contributed by atoms with Gasteiger partial charge in [-0.25, -0.2) is 9.78 Å². The molecule has 1 aromatic heterocycles. The van der Waals surface area contributed by atoms with Crippen LogP contribution in [0.5, 0.6) is 0 Å². The molecule has 0 saturated heterocycles. The highest BCUT2D eigenvalue weighted by atomic mass is 127. The molecule has 7 nitrogen and oxygen atoms in total. The van der Waals surface area contributed by atoms with Crippen molar-refractivity contribution in [2.45, 2.75) is 59.1 Å². The molecule has 0 atom stereocenters. The second-order valence-corrected chi connectivity index (χ2v) is 9.15. The van der Waals surface area contributed by atoms with Crippen LogP contribution in [-0.4, -0.2) is 36.2 Å². The van der Waals surface area contributed by atoms with Crippen molar-refractivity contribution in [2.24, 2.45) is 4.99 Å². The zero-order chi connectivity index (χ0) is 22.1. The highest BCUT2D eigenvalue weighted by molar-refractivity contribution is 14.0. The number of nitrogens with one attached hydrogen (secondary N) is 3. The summed E-state index contributed by atoms with van der Waals surface area (Å²) in [5.74, 6) is 1.20. The van der Waals surface area contributed by atoms with Gasteiger partial charge in [-0.05, 0) is 44.9 Å². The molecular weight excluding hydrogens is 525 g/mol. The molecule has 0 spiro atoms. The lowest BCUT2D eigenvalue weighted by Crippen LogP contribution is -2.37. The summed E-state index contributed by atoms with van der Waals surface area (Å²) in [7, 11) is 1.76. The Bertz CT molecular complexity index is 844. The lowest BCUT2D eigenvalue weighted by molar-refractivity contribution is 0.0636. The van der Waals surface area contributed by atoms with Crippen LogP contribution in [0.1, 0.15) is 56.8 Å². The van der Waals surface area contributed by atoms with Crippen LogP contribution in [0, 0.1) is 0 Å². The Balaban J connectivity index is 0.00000480. The summed E-state index contributed by atoms with van der Waals surface area (Å²) in [6.07, 6.45) is 0.383. The zero-order valence-corrected chi connectivity index (χ0v) is 22.3. The molecule has 1 heterocycles. The van der Waals surface area contributed by atoms with Gasteiger partial charge in [0.25, 0.3) is 0 Å². The molecule has 0 bridgehead atoms. The molecule has 2 aromatic rings. The fourth-order valence-electron chi connectivity index (χ4n) is 2.57. The number of anilines is 1. The molecular formula is C22H34IN5O2S. The summed E-state index contributed by atoms with van der Waals surface area (Å²) in [4.78, 5) is 20.7. The van der Waals surface area contributed by atoms with Crippen LogP contribution in [0.2, 0.25) is 0 Å². The van der Waals surface area contributed by atoms with Crippen LogP contribution in [0.4, 0.5) is 10.5 Å². The van der Waals surface area contributed by atoms with E-state index in [9.17, 15) is 4.79 Å². The van der Waals surface area contributed by atoms with Crippen molar-refractivity contribution in [1.29, 1.82) is 0 Å². The Kier molecular flexibility index (Phi) is 11.3. The average Bonchev–Trinajstić information content (AvgIpc) is 3.13. The van der Waals surface area contributed by atoms with E-state index in [4.69, 9.17) is 4.74 Å². The number of halogens is 1. The second kappa shape index (κ2) is 12.8. The first-order valence-corrected chi connectivity index (χ1v) is 11.0. The maximum Gasteiger partial charge on any atom is 0.412 e. The van der Waals surface area contributed by atoms with Crippen LogP contribution < -0.4 is 16.0 Å². The number of thiazole rings is 1. The number of aromatic nitrogens is 1. The number of carbonyl (C=O) groups is 1. The van der Waals surface area contributed by atoms with E-state index in [1.165, 1.54) is 0 Å². The van der Waals surface area contributed by atoms with Crippen molar-refractivity contribution in [1.82, 2.24) is 15.6 Å². The third-order valence-corrected chi connectivity index (χ3v) is 5.22. The summed E-state index contributed by atoms with van der Waals surface area (Å²) in [6.45, 7) is 11.2. The third-order valence-electron chi connectivity index (χ3n) is 4.03. The van der Waals surface area contributed by atoms with Gasteiger partial charge in [0.05, 0.1) is 17.2 Å². The Hall–Kier alpha value is -1.88. The van der Waals surface area contributed by atoms with E-state index in [1.807, 2.05) is 45.0 Å². The number of aliphatic imine (C=N–C) groups is 1. The van der Waals surface area contributed by atoms with E-state index in [2.05, 4.69) is 45.2 Å². The van der Waals surface area contributed by atoms with Crippen molar-refractivity contribution >= 4 is 53.1 Å². The van der Waals surface area contributed by atoms with E-state index < -0.39 is 11.7 Å². The van der Waals surface area contributed by atoms with Crippen molar-refractivity contribution in [2.75, 3.05) is 18.9 Å². The maximum absolute atomic E-state index is 11.8. The number of nitrogens with zero attached hydrogens (tertiary/aromatic N) is 2. The number of hydrogen-bond acceptors (Lipinski definition) is 5. The Morgan fingerprint density at radius 2 is 1.87 bits per heavy atom. The summed E-state index contributed by atoms with van der Waals surface area (Å²) in [6, 6.07) is 7.74. The standard InChI is InChI=1S/C22H33N5O2S.HI/c1-15(2)19-26-18(14-30-19)13-25-20(23-6)24-12-11-16-7-9-17(10-8-16)27-21(28)29-22(3,4)5;/h7-10,14-15H,11-13H2,1-6H3,(H,27,28)(H2,23,24,25);1H. The molecule has 31 heavy (non-hydrogen) atoms. The molecule has 1 aromatic carbocycles. The fraction of sp³-hybridized carbons (Fsp3) is 0.500. The lowest BCUT2D eigenvalue weighted by Gasteiger charge is -2.19. The van der Waals surface area contributed by atoms with Gasteiger partial charge in [0, 0.05) is 30.6 Å². The largest absolute Gasteiger partial charge is 0.444 e.